The van der Waals surface area contributed by atoms with Gasteiger partial charge in [0, 0.05) is 12.1 Å². The number of rotatable bonds is 5. The van der Waals surface area contributed by atoms with Crippen LogP contribution in [0, 0.1) is 6.92 Å². The van der Waals surface area contributed by atoms with Gasteiger partial charge in [0.15, 0.2) is 0 Å². The Balaban J connectivity index is 3.06. The molecule has 0 spiro atoms. The van der Waals surface area contributed by atoms with Gasteiger partial charge in [0.05, 0.1) is 11.8 Å². The molecule has 0 aliphatic rings. The third kappa shape index (κ3) is 4.01. The first kappa shape index (κ1) is 16.1. The monoisotopic (exact) mass is 293 g/mol. The predicted molar refractivity (Wildman–Crippen MR) is 62.4 cm³/mol. The van der Waals surface area contributed by atoms with Crippen molar-refractivity contribution in [2.75, 3.05) is 13.1 Å². The Kier molecular flexibility index (Phi) is 4.80. The van der Waals surface area contributed by atoms with Gasteiger partial charge >= 0.3 is 12.1 Å². The minimum Gasteiger partial charge on any atom is -0.481 e. The van der Waals surface area contributed by atoms with E-state index >= 15 is 0 Å². The maximum Gasteiger partial charge on any atom is 0.406 e. The number of carbonyl (C=O) groups excluding carboxylic acids is 1. The van der Waals surface area contributed by atoms with Crippen LogP contribution in [0.3, 0.4) is 0 Å². The van der Waals surface area contributed by atoms with E-state index in [0.29, 0.717) is 10.5 Å². The summed E-state index contributed by atoms with van der Waals surface area (Å²) in [5, 5.41) is 8.70. The highest BCUT2D eigenvalue weighted by molar-refractivity contribution is 5.97. The topological polar surface area (TPSA) is 70.8 Å². The van der Waals surface area contributed by atoms with Crippen LogP contribution in [0.25, 0.3) is 0 Å². The lowest BCUT2D eigenvalue weighted by molar-refractivity contribution is -0.140. The Morgan fingerprint density at radius 2 is 2.00 bits per heavy atom. The summed E-state index contributed by atoms with van der Waals surface area (Å²) in [6.45, 7) is 1.36. The number of carboxylic acids is 1. The molecule has 112 valence electrons. The fraction of sp³-hybridized carbons (Fsp3) is 0.500. The van der Waals surface area contributed by atoms with Crippen molar-refractivity contribution in [2.24, 2.45) is 0 Å². The lowest BCUT2D eigenvalue weighted by atomic mass is 10.1. The van der Waals surface area contributed by atoms with Crippen molar-refractivity contribution < 1.29 is 32.3 Å². The normalized spacial score (nSPS) is 11.4. The second kappa shape index (κ2) is 5.98. The molecule has 1 aromatic rings. The predicted octanol–water partition coefficient (Wildman–Crippen LogP) is 2.24. The minimum atomic E-state index is -4.52. The van der Waals surface area contributed by atoms with Gasteiger partial charge < -0.3 is 14.4 Å². The minimum absolute atomic E-state index is 0.112. The van der Waals surface area contributed by atoms with Crippen LogP contribution in [0.5, 0.6) is 0 Å². The third-order valence-corrected chi connectivity index (χ3v) is 2.62. The van der Waals surface area contributed by atoms with E-state index < -0.39 is 31.0 Å². The highest BCUT2D eigenvalue weighted by atomic mass is 19.4. The Morgan fingerprint density at radius 3 is 2.45 bits per heavy atom. The quantitative estimate of drug-likeness (QED) is 0.903. The van der Waals surface area contributed by atoms with Crippen molar-refractivity contribution in [3.05, 3.63) is 23.2 Å². The number of carbonyl (C=O) groups is 2. The van der Waals surface area contributed by atoms with Gasteiger partial charge in [0.25, 0.3) is 5.91 Å². The van der Waals surface area contributed by atoms with Crippen molar-refractivity contribution in [3.63, 3.8) is 0 Å². The fourth-order valence-electron chi connectivity index (χ4n) is 1.75. The number of carboxylic acid groups (broad SMARTS) is 1. The van der Waals surface area contributed by atoms with Crippen molar-refractivity contribution in [1.82, 2.24) is 4.90 Å². The van der Waals surface area contributed by atoms with Gasteiger partial charge in [-0.1, -0.05) is 0 Å². The highest BCUT2D eigenvalue weighted by Crippen LogP contribution is 2.22. The van der Waals surface area contributed by atoms with E-state index in [2.05, 4.69) is 0 Å². The maximum absolute atomic E-state index is 12.4. The van der Waals surface area contributed by atoms with Gasteiger partial charge in [-0.15, -0.1) is 0 Å². The Morgan fingerprint density at radius 1 is 1.40 bits per heavy atom. The van der Waals surface area contributed by atoms with Crippen LogP contribution in [0.1, 0.15) is 28.6 Å². The number of hydrogen-bond acceptors (Lipinski definition) is 3. The van der Waals surface area contributed by atoms with Gasteiger partial charge in [-0.25, -0.2) is 0 Å². The number of aryl methyl sites for hydroxylation is 1. The molecule has 1 N–H and O–H groups in total. The summed E-state index contributed by atoms with van der Waals surface area (Å²) in [6, 6.07) is 0. The second-order valence-corrected chi connectivity index (χ2v) is 4.22. The molecule has 1 rings (SSSR count). The maximum atomic E-state index is 12.4. The second-order valence-electron chi connectivity index (χ2n) is 4.22. The molecular weight excluding hydrogens is 279 g/mol. The molecule has 0 atom stereocenters. The van der Waals surface area contributed by atoms with E-state index in [0.717, 1.165) is 6.26 Å². The number of alkyl halides is 3. The lowest BCUT2D eigenvalue weighted by Crippen LogP contribution is -2.39. The molecule has 0 saturated carbocycles. The van der Waals surface area contributed by atoms with Crippen LogP contribution >= 0.6 is 0 Å². The summed E-state index contributed by atoms with van der Waals surface area (Å²) in [5.74, 6) is -2.25. The summed E-state index contributed by atoms with van der Waals surface area (Å²) >= 11 is 0. The van der Waals surface area contributed by atoms with E-state index in [-0.39, 0.29) is 17.9 Å². The van der Waals surface area contributed by atoms with E-state index in [1.165, 1.54) is 13.8 Å². The number of amides is 1. The molecule has 0 bridgehead atoms. The zero-order valence-corrected chi connectivity index (χ0v) is 11.0. The van der Waals surface area contributed by atoms with Gasteiger partial charge in [-0.3, -0.25) is 9.59 Å². The molecule has 0 radical (unpaired) electrons. The van der Waals surface area contributed by atoms with Crippen LogP contribution in [0.2, 0.25) is 0 Å². The van der Waals surface area contributed by atoms with Crippen LogP contribution in [0.4, 0.5) is 13.2 Å². The third-order valence-electron chi connectivity index (χ3n) is 2.62. The number of aliphatic carboxylic acids is 1. The number of furan rings is 1. The smallest absolute Gasteiger partial charge is 0.406 e. The Bertz CT molecular complexity index is 507. The van der Waals surface area contributed by atoms with Gasteiger partial charge in [-0.05, 0) is 13.8 Å². The molecule has 0 fully saturated rings. The Hall–Kier alpha value is -1.99. The molecule has 1 amide bonds. The first-order chi connectivity index (χ1) is 9.15. The van der Waals surface area contributed by atoms with E-state index in [4.69, 9.17) is 9.52 Å². The van der Waals surface area contributed by atoms with E-state index in [1.54, 1.807) is 0 Å². The molecule has 0 aromatic carbocycles. The number of hydrogen-bond donors (Lipinski definition) is 1. The summed E-state index contributed by atoms with van der Waals surface area (Å²) in [7, 11) is 0. The molecule has 5 nitrogen and oxygen atoms in total. The van der Waals surface area contributed by atoms with Gasteiger partial charge in [-0.2, -0.15) is 13.2 Å². The summed E-state index contributed by atoms with van der Waals surface area (Å²) in [4.78, 5) is 23.4. The summed E-state index contributed by atoms with van der Waals surface area (Å²) < 4.78 is 42.1. The molecule has 0 aliphatic carbocycles. The first-order valence-corrected chi connectivity index (χ1v) is 5.80. The fourth-order valence-corrected chi connectivity index (χ4v) is 1.75. The van der Waals surface area contributed by atoms with Crippen molar-refractivity contribution in [3.8, 4) is 0 Å². The number of nitrogens with zero attached hydrogens (tertiary/aromatic N) is 1. The molecule has 0 saturated heterocycles. The zero-order chi connectivity index (χ0) is 15.5. The molecule has 8 heteroatoms. The average Bonchev–Trinajstić information content (AvgIpc) is 2.64. The Labute approximate surface area is 113 Å². The van der Waals surface area contributed by atoms with Crippen molar-refractivity contribution in [1.29, 1.82) is 0 Å². The van der Waals surface area contributed by atoms with Crippen LogP contribution in [0.15, 0.2) is 10.7 Å². The lowest BCUT2D eigenvalue weighted by Gasteiger charge is -2.22. The average molecular weight is 293 g/mol. The van der Waals surface area contributed by atoms with E-state index in [1.807, 2.05) is 0 Å². The standard InChI is InChI=1S/C12H14F3NO4/c1-3-16(6-12(13,14)15)11(19)10-7(2)5-20-8(10)4-9(17)18/h5H,3-4,6H2,1-2H3,(H,17,18). The molecule has 0 aliphatic heterocycles. The molecular formula is C12H14F3NO4. The van der Waals surface area contributed by atoms with Gasteiger partial charge in [0.1, 0.15) is 18.7 Å². The molecule has 1 heterocycles. The molecule has 1 aromatic heterocycles. The van der Waals surface area contributed by atoms with Gasteiger partial charge in [0.2, 0.25) is 0 Å². The largest absolute Gasteiger partial charge is 0.481 e. The van der Waals surface area contributed by atoms with Crippen LogP contribution in [-0.2, 0) is 11.2 Å². The van der Waals surface area contributed by atoms with E-state index in [9.17, 15) is 22.8 Å². The molecule has 20 heavy (non-hydrogen) atoms. The first-order valence-electron chi connectivity index (χ1n) is 5.80. The molecule has 0 unspecified atom stereocenters. The van der Waals surface area contributed by atoms with Crippen LogP contribution in [-0.4, -0.2) is 41.1 Å². The van der Waals surface area contributed by atoms with Crippen LogP contribution < -0.4 is 0 Å². The van der Waals surface area contributed by atoms with Crippen molar-refractivity contribution >= 4 is 11.9 Å². The zero-order valence-electron chi connectivity index (χ0n) is 11.0. The summed E-state index contributed by atoms with van der Waals surface area (Å²) in [5.41, 5.74) is 0.199. The highest BCUT2D eigenvalue weighted by Gasteiger charge is 2.34. The SMILES string of the molecule is CCN(CC(F)(F)F)C(=O)c1c(C)coc1CC(=O)O. The van der Waals surface area contributed by atoms with Crippen molar-refractivity contribution in [2.45, 2.75) is 26.4 Å². The number of halogens is 3. The summed E-state index contributed by atoms with van der Waals surface area (Å²) in [6.07, 6.45) is -3.91.